The van der Waals surface area contributed by atoms with Crippen LogP contribution in [-0.4, -0.2) is 12.6 Å². The number of benzene rings is 1. The SMILES string of the molecule is CCCNC(Cc1ccc(Br)cc1)C1CCC(C)C1. The van der Waals surface area contributed by atoms with Gasteiger partial charge in [0.15, 0.2) is 0 Å². The van der Waals surface area contributed by atoms with E-state index in [9.17, 15) is 0 Å². The Labute approximate surface area is 126 Å². The molecule has 2 rings (SSSR count). The van der Waals surface area contributed by atoms with E-state index in [2.05, 4.69) is 59.4 Å². The highest BCUT2D eigenvalue weighted by atomic mass is 79.9. The standard InChI is InChI=1S/C17H26BrN/c1-3-10-19-17(15-7-4-13(2)11-15)12-14-5-8-16(18)9-6-14/h5-6,8-9,13,15,17,19H,3-4,7,10-12H2,1-2H3. The van der Waals surface area contributed by atoms with Crippen LogP contribution in [0.15, 0.2) is 28.7 Å². The van der Waals surface area contributed by atoms with Crippen LogP contribution in [0.4, 0.5) is 0 Å². The zero-order valence-electron chi connectivity index (χ0n) is 12.2. The summed E-state index contributed by atoms with van der Waals surface area (Å²) >= 11 is 3.51. The van der Waals surface area contributed by atoms with Gasteiger partial charge in [-0.1, -0.05) is 48.3 Å². The lowest BCUT2D eigenvalue weighted by Crippen LogP contribution is -2.37. The van der Waals surface area contributed by atoms with Crippen LogP contribution in [-0.2, 0) is 6.42 Å². The summed E-state index contributed by atoms with van der Waals surface area (Å²) in [6.45, 7) is 5.80. The lowest BCUT2D eigenvalue weighted by Gasteiger charge is -2.25. The van der Waals surface area contributed by atoms with Gasteiger partial charge in [0.1, 0.15) is 0 Å². The Kier molecular flexibility index (Phi) is 5.90. The van der Waals surface area contributed by atoms with Crippen LogP contribution in [0.2, 0.25) is 0 Å². The molecule has 0 amide bonds. The maximum atomic E-state index is 3.78. The molecule has 0 saturated heterocycles. The van der Waals surface area contributed by atoms with E-state index in [1.54, 1.807) is 0 Å². The van der Waals surface area contributed by atoms with Crippen LogP contribution in [0.25, 0.3) is 0 Å². The predicted octanol–water partition coefficient (Wildman–Crippen LogP) is 4.80. The van der Waals surface area contributed by atoms with Crippen LogP contribution < -0.4 is 5.32 Å². The van der Waals surface area contributed by atoms with Gasteiger partial charge in [-0.15, -0.1) is 0 Å². The summed E-state index contributed by atoms with van der Waals surface area (Å²) in [6, 6.07) is 9.48. The molecule has 2 heteroatoms. The summed E-state index contributed by atoms with van der Waals surface area (Å²) in [5, 5.41) is 3.78. The van der Waals surface area contributed by atoms with Crippen LogP contribution >= 0.6 is 15.9 Å². The fourth-order valence-electron chi connectivity index (χ4n) is 3.23. The fraction of sp³-hybridized carbons (Fsp3) is 0.647. The molecular weight excluding hydrogens is 298 g/mol. The first-order chi connectivity index (χ1) is 9.19. The number of hydrogen-bond donors (Lipinski definition) is 1. The van der Waals surface area contributed by atoms with Gasteiger partial charge in [-0.05, 0) is 61.8 Å². The van der Waals surface area contributed by atoms with Gasteiger partial charge < -0.3 is 5.32 Å². The molecule has 0 aromatic heterocycles. The van der Waals surface area contributed by atoms with Crippen molar-refractivity contribution in [1.29, 1.82) is 0 Å². The Morgan fingerprint density at radius 1 is 1.26 bits per heavy atom. The van der Waals surface area contributed by atoms with Crippen LogP contribution in [0.1, 0.15) is 45.1 Å². The van der Waals surface area contributed by atoms with E-state index >= 15 is 0 Å². The van der Waals surface area contributed by atoms with Crippen molar-refractivity contribution >= 4 is 15.9 Å². The highest BCUT2D eigenvalue weighted by molar-refractivity contribution is 9.10. The van der Waals surface area contributed by atoms with Crippen LogP contribution in [0.3, 0.4) is 0 Å². The van der Waals surface area contributed by atoms with Gasteiger partial charge in [-0.25, -0.2) is 0 Å². The average molecular weight is 324 g/mol. The third-order valence-corrected chi connectivity index (χ3v) is 4.86. The molecule has 0 bridgehead atoms. The van der Waals surface area contributed by atoms with E-state index in [0.29, 0.717) is 6.04 Å². The van der Waals surface area contributed by atoms with Gasteiger partial charge in [0.05, 0.1) is 0 Å². The second-order valence-corrected chi connectivity index (χ2v) is 6.99. The molecule has 3 atom stereocenters. The highest BCUT2D eigenvalue weighted by Gasteiger charge is 2.28. The Morgan fingerprint density at radius 3 is 2.58 bits per heavy atom. The third-order valence-electron chi connectivity index (χ3n) is 4.33. The van der Waals surface area contributed by atoms with E-state index in [-0.39, 0.29) is 0 Å². The van der Waals surface area contributed by atoms with Gasteiger partial charge in [0.25, 0.3) is 0 Å². The molecule has 0 spiro atoms. The minimum Gasteiger partial charge on any atom is -0.313 e. The number of hydrogen-bond acceptors (Lipinski definition) is 1. The van der Waals surface area contributed by atoms with Gasteiger partial charge >= 0.3 is 0 Å². The summed E-state index contributed by atoms with van der Waals surface area (Å²) in [4.78, 5) is 0. The molecule has 0 aliphatic heterocycles. The summed E-state index contributed by atoms with van der Waals surface area (Å²) in [6.07, 6.45) is 6.61. The monoisotopic (exact) mass is 323 g/mol. The second-order valence-electron chi connectivity index (χ2n) is 6.07. The van der Waals surface area contributed by atoms with Crippen molar-refractivity contribution in [1.82, 2.24) is 5.32 Å². The minimum absolute atomic E-state index is 0.658. The Morgan fingerprint density at radius 2 is 2.00 bits per heavy atom. The first-order valence-electron chi connectivity index (χ1n) is 7.67. The molecular formula is C17H26BrN. The largest absolute Gasteiger partial charge is 0.313 e. The molecule has 3 unspecified atom stereocenters. The first kappa shape index (κ1) is 15.1. The molecule has 1 aromatic carbocycles. The molecule has 1 aromatic rings. The topological polar surface area (TPSA) is 12.0 Å². The number of nitrogens with one attached hydrogen (secondary N) is 1. The van der Waals surface area contributed by atoms with Crippen molar-refractivity contribution in [2.24, 2.45) is 11.8 Å². The fourth-order valence-corrected chi connectivity index (χ4v) is 3.49. The maximum Gasteiger partial charge on any atom is 0.0175 e. The summed E-state index contributed by atoms with van der Waals surface area (Å²) < 4.78 is 1.17. The van der Waals surface area contributed by atoms with Crippen LogP contribution in [0.5, 0.6) is 0 Å². The Bertz CT molecular complexity index is 373. The van der Waals surface area contributed by atoms with Crippen molar-refractivity contribution in [3.8, 4) is 0 Å². The van der Waals surface area contributed by atoms with E-state index in [1.165, 1.54) is 42.1 Å². The summed E-state index contributed by atoms with van der Waals surface area (Å²) in [5.41, 5.74) is 1.45. The molecule has 1 nitrogen and oxygen atoms in total. The van der Waals surface area contributed by atoms with Gasteiger partial charge in [-0.2, -0.15) is 0 Å². The molecule has 1 N–H and O–H groups in total. The quantitative estimate of drug-likeness (QED) is 0.793. The normalized spacial score (nSPS) is 24.6. The molecule has 0 heterocycles. The van der Waals surface area contributed by atoms with Gasteiger partial charge in [-0.3, -0.25) is 0 Å². The highest BCUT2D eigenvalue weighted by Crippen LogP contribution is 2.33. The smallest absolute Gasteiger partial charge is 0.0175 e. The molecule has 0 radical (unpaired) electrons. The zero-order valence-corrected chi connectivity index (χ0v) is 13.7. The minimum atomic E-state index is 0.658. The lowest BCUT2D eigenvalue weighted by molar-refractivity contribution is 0.348. The van der Waals surface area contributed by atoms with Crippen LogP contribution in [0, 0.1) is 11.8 Å². The maximum absolute atomic E-state index is 3.78. The predicted molar refractivity (Wildman–Crippen MR) is 86.4 cm³/mol. The molecule has 1 saturated carbocycles. The van der Waals surface area contributed by atoms with E-state index in [4.69, 9.17) is 0 Å². The summed E-state index contributed by atoms with van der Waals surface area (Å²) in [5.74, 6) is 1.78. The third kappa shape index (κ3) is 4.61. The van der Waals surface area contributed by atoms with Crippen molar-refractivity contribution in [2.45, 2.75) is 52.0 Å². The van der Waals surface area contributed by atoms with E-state index in [1.807, 2.05) is 0 Å². The lowest BCUT2D eigenvalue weighted by atomic mass is 9.91. The first-order valence-corrected chi connectivity index (χ1v) is 8.46. The van der Waals surface area contributed by atoms with Crippen molar-refractivity contribution in [2.75, 3.05) is 6.54 Å². The molecule has 1 fully saturated rings. The number of halogens is 1. The van der Waals surface area contributed by atoms with E-state index < -0.39 is 0 Å². The van der Waals surface area contributed by atoms with Gasteiger partial charge in [0, 0.05) is 10.5 Å². The molecule has 1 aliphatic carbocycles. The molecule has 106 valence electrons. The van der Waals surface area contributed by atoms with Gasteiger partial charge in [0.2, 0.25) is 0 Å². The molecule has 19 heavy (non-hydrogen) atoms. The van der Waals surface area contributed by atoms with E-state index in [0.717, 1.165) is 18.4 Å². The summed E-state index contributed by atoms with van der Waals surface area (Å²) in [7, 11) is 0. The van der Waals surface area contributed by atoms with Crippen molar-refractivity contribution in [3.63, 3.8) is 0 Å². The zero-order chi connectivity index (χ0) is 13.7. The average Bonchev–Trinajstić information content (AvgIpc) is 2.83. The molecule has 1 aliphatic rings. The Hall–Kier alpha value is -0.340. The number of rotatable bonds is 6. The van der Waals surface area contributed by atoms with Crippen molar-refractivity contribution in [3.05, 3.63) is 34.3 Å². The van der Waals surface area contributed by atoms with Crippen molar-refractivity contribution < 1.29 is 0 Å². The Balaban J connectivity index is 1.98. The second kappa shape index (κ2) is 7.44.